The van der Waals surface area contributed by atoms with E-state index < -0.39 is 0 Å². The SMILES string of the molecule is C(CCCOC1CCCCO1)CCOCCC1CO1. The van der Waals surface area contributed by atoms with Crippen LogP contribution in [0.3, 0.4) is 0 Å². The number of rotatable bonds is 11. The Morgan fingerprint density at radius 1 is 0.895 bits per heavy atom. The van der Waals surface area contributed by atoms with Gasteiger partial charge in [0.25, 0.3) is 0 Å². The third-order valence-corrected chi connectivity index (χ3v) is 3.61. The molecule has 0 radical (unpaired) electrons. The molecule has 0 aliphatic carbocycles. The van der Waals surface area contributed by atoms with Crippen LogP contribution in [0.1, 0.15) is 51.4 Å². The van der Waals surface area contributed by atoms with Gasteiger partial charge in [-0.05, 0) is 38.5 Å². The summed E-state index contributed by atoms with van der Waals surface area (Å²) < 4.78 is 21.9. The summed E-state index contributed by atoms with van der Waals surface area (Å²) in [4.78, 5) is 0. The van der Waals surface area contributed by atoms with Crippen molar-refractivity contribution in [2.45, 2.75) is 63.8 Å². The molecule has 2 aliphatic heterocycles. The second-order valence-electron chi connectivity index (χ2n) is 5.44. The summed E-state index contributed by atoms with van der Waals surface area (Å²) in [5.41, 5.74) is 0. The van der Waals surface area contributed by atoms with Gasteiger partial charge in [-0.3, -0.25) is 0 Å². The van der Waals surface area contributed by atoms with Crippen LogP contribution in [0.25, 0.3) is 0 Å². The average Bonchev–Trinajstić information content (AvgIpc) is 3.26. The van der Waals surface area contributed by atoms with Gasteiger partial charge >= 0.3 is 0 Å². The molecule has 2 aliphatic rings. The van der Waals surface area contributed by atoms with E-state index in [4.69, 9.17) is 18.9 Å². The highest BCUT2D eigenvalue weighted by atomic mass is 16.7. The molecule has 2 rings (SSSR count). The molecule has 2 fully saturated rings. The van der Waals surface area contributed by atoms with E-state index in [-0.39, 0.29) is 6.29 Å². The first kappa shape index (κ1) is 15.2. The fourth-order valence-electron chi connectivity index (χ4n) is 2.27. The second kappa shape index (κ2) is 9.70. The predicted molar refractivity (Wildman–Crippen MR) is 73.2 cm³/mol. The predicted octanol–water partition coefficient (Wildman–Crippen LogP) is 2.90. The summed E-state index contributed by atoms with van der Waals surface area (Å²) in [6.07, 6.45) is 9.88. The average molecular weight is 272 g/mol. The summed E-state index contributed by atoms with van der Waals surface area (Å²) in [5, 5.41) is 0. The Morgan fingerprint density at radius 2 is 1.74 bits per heavy atom. The minimum atomic E-state index is 0.0710. The van der Waals surface area contributed by atoms with Crippen molar-refractivity contribution in [2.75, 3.05) is 33.0 Å². The van der Waals surface area contributed by atoms with E-state index in [9.17, 15) is 0 Å². The smallest absolute Gasteiger partial charge is 0.157 e. The van der Waals surface area contributed by atoms with Gasteiger partial charge in [-0.1, -0.05) is 12.8 Å². The van der Waals surface area contributed by atoms with E-state index in [1.54, 1.807) is 0 Å². The largest absolute Gasteiger partial charge is 0.381 e. The van der Waals surface area contributed by atoms with E-state index in [1.807, 2.05) is 0 Å². The molecule has 0 N–H and O–H groups in total. The topological polar surface area (TPSA) is 40.2 Å². The molecule has 0 saturated carbocycles. The second-order valence-corrected chi connectivity index (χ2v) is 5.44. The van der Waals surface area contributed by atoms with E-state index in [1.165, 1.54) is 25.7 Å². The monoisotopic (exact) mass is 272 g/mol. The van der Waals surface area contributed by atoms with Gasteiger partial charge in [0.15, 0.2) is 6.29 Å². The molecule has 4 heteroatoms. The van der Waals surface area contributed by atoms with Crippen LogP contribution in [0.2, 0.25) is 0 Å². The van der Waals surface area contributed by atoms with Crippen molar-refractivity contribution in [3.05, 3.63) is 0 Å². The summed E-state index contributed by atoms with van der Waals surface area (Å²) in [6.45, 7) is 4.39. The minimum absolute atomic E-state index is 0.0710. The fourth-order valence-corrected chi connectivity index (χ4v) is 2.27. The molecule has 2 heterocycles. The molecule has 0 bridgehead atoms. The molecule has 19 heavy (non-hydrogen) atoms. The van der Waals surface area contributed by atoms with Crippen molar-refractivity contribution < 1.29 is 18.9 Å². The van der Waals surface area contributed by atoms with Crippen LogP contribution in [0.4, 0.5) is 0 Å². The van der Waals surface area contributed by atoms with Crippen LogP contribution < -0.4 is 0 Å². The van der Waals surface area contributed by atoms with Crippen LogP contribution in [0, 0.1) is 0 Å². The first-order chi connectivity index (χ1) is 9.45. The van der Waals surface area contributed by atoms with Gasteiger partial charge in [-0.15, -0.1) is 0 Å². The molecule has 2 unspecified atom stereocenters. The van der Waals surface area contributed by atoms with Crippen molar-refractivity contribution in [3.63, 3.8) is 0 Å². The zero-order valence-electron chi connectivity index (χ0n) is 12.0. The number of unbranched alkanes of at least 4 members (excludes halogenated alkanes) is 3. The van der Waals surface area contributed by atoms with E-state index >= 15 is 0 Å². The van der Waals surface area contributed by atoms with Crippen molar-refractivity contribution in [2.24, 2.45) is 0 Å². The van der Waals surface area contributed by atoms with Crippen LogP contribution in [-0.4, -0.2) is 45.4 Å². The highest BCUT2D eigenvalue weighted by Gasteiger charge is 2.21. The molecule has 112 valence electrons. The molecule has 4 nitrogen and oxygen atoms in total. The van der Waals surface area contributed by atoms with E-state index in [0.29, 0.717) is 6.10 Å². The minimum Gasteiger partial charge on any atom is -0.381 e. The van der Waals surface area contributed by atoms with Crippen molar-refractivity contribution in [3.8, 4) is 0 Å². The van der Waals surface area contributed by atoms with Gasteiger partial charge in [0.2, 0.25) is 0 Å². The van der Waals surface area contributed by atoms with E-state index in [2.05, 4.69) is 0 Å². The molecule has 0 aromatic rings. The number of ether oxygens (including phenoxy) is 4. The lowest BCUT2D eigenvalue weighted by Crippen LogP contribution is -2.22. The maximum Gasteiger partial charge on any atom is 0.157 e. The summed E-state index contributed by atoms with van der Waals surface area (Å²) in [6, 6.07) is 0. The highest BCUT2D eigenvalue weighted by Crippen LogP contribution is 2.14. The molecular formula is C15H28O4. The Balaban J connectivity index is 1.26. The van der Waals surface area contributed by atoms with Gasteiger partial charge in [-0.2, -0.15) is 0 Å². The Labute approximate surface area is 116 Å². The Kier molecular flexibility index (Phi) is 7.78. The number of hydrogen-bond donors (Lipinski definition) is 0. The Morgan fingerprint density at radius 3 is 2.47 bits per heavy atom. The molecule has 0 aromatic carbocycles. The summed E-state index contributed by atoms with van der Waals surface area (Å²) >= 11 is 0. The van der Waals surface area contributed by atoms with Gasteiger partial charge in [0.05, 0.1) is 12.7 Å². The van der Waals surface area contributed by atoms with E-state index in [0.717, 1.165) is 58.7 Å². The van der Waals surface area contributed by atoms with Crippen LogP contribution in [-0.2, 0) is 18.9 Å². The van der Waals surface area contributed by atoms with Gasteiger partial charge in [-0.25, -0.2) is 0 Å². The van der Waals surface area contributed by atoms with Crippen LogP contribution in [0.5, 0.6) is 0 Å². The summed E-state index contributed by atoms with van der Waals surface area (Å²) in [5.74, 6) is 0. The van der Waals surface area contributed by atoms with Crippen molar-refractivity contribution in [1.29, 1.82) is 0 Å². The first-order valence-electron chi connectivity index (χ1n) is 7.88. The van der Waals surface area contributed by atoms with Gasteiger partial charge < -0.3 is 18.9 Å². The molecule has 0 aromatic heterocycles. The molecule has 0 amide bonds. The van der Waals surface area contributed by atoms with Crippen LogP contribution >= 0.6 is 0 Å². The normalized spacial score (nSPS) is 26.5. The standard InChI is InChI=1S/C15H28O4/c1(4-9-16-12-8-14-13-19-14)2-5-10-17-15-7-3-6-11-18-15/h14-15H,1-13H2. The maximum atomic E-state index is 5.69. The summed E-state index contributed by atoms with van der Waals surface area (Å²) in [7, 11) is 0. The third-order valence-electron chi connectivity index (χ3n) is 3.61. The van der Waals surface area contributed by atoms with Crippen LogP contribution in [0.15, 0.2) is 0 Å². The Bertz CT molecular complexity index is 212. The third kappa shape index (κ3) is 7.88. The first-order valence-corrected chi connectivity index (χ1v) is 7.88. The maximum absolute atomic E-state index is 5.69. The molecular weight excluding hydrogens is 244 g/mol. The fraction of sp³-hybridized carbons (Fsp3) is 1.00. The molecule has 2 saturated heterocycles. The lowest BCUT2D eigenvalue weighted by Gasteiger charge is -2.22. The quantitative estimate of drug-likeness (QED) is 0.428. The zero-order chi connectivity index (χ0) is 13.2. The zero-order valence-corrected chi connectivity index (χ0v) is 12.0. The lowest BCUT2D eigenvalue weighted by atomic mass is 10.2. The van der Waals surface area contributed by atoms with Crippen molar-refractivity contribution >= 4 is 0 Å². The Hall–Kier alpha value is -0.160. The number of hydrogen-bond acceptors (Lipinski definition) is 4. The van der Waals surface area contributed by atoms with Gasteiger partial charge in [0.1, 0.15) is 0 Å². The van der Waals surface area contributed by atoms with Crippen molar-refractivity contribution in [1.82, 2.24) is 0 Å². The lowest BCUT2D eigenvalue weighted by molar-refractivity contribution is -0.162. The highest BCUT2D eigenvalue weighted by molar-refractivity contribution is 4.67. The van der Waals surface area contributed by atoms with Gasteiger partial charge in [0, 0.05) is 26.4 Å². The number of epoxide rings is 1. The molecule has 2 atom stereocenters. The molecule has 0 spiro atoms.